The largest absolute Gasteiger partial charge is 0.439 e. The summed E-state index contributed by atoms with van der Waals surface area (Å²) in [6, 6.07) is 4.84. The fourth-order valence-electron chi connectivity index (χ4n) is 1.54. The molecule has 1 aromatic carbocycles. The number of hydrogen-bond donors (Lipinski definition) is 0. The minimum atomic E-state index is -0.963. The molecule has 110 valence electrons. The molecule has 0 N–H and O–H groups in total. The molecule has 6 nitrogen and oxygen atoms in total. The summed E-state index contributed by atoms with van der Waals surface area (Å²) in [5, 5.41) is 10.6. The number of benzene rings is 1. The maximum absolute atomic E-state index is 13.5. The highest BCUT2D eigenvalue weighted by Crippen LogP contribution is 2.27. The quantitative estimate of drug-likeness (QED) is 0.466. The topological polar surface area (TPSA) is 78.2 Å². The predicted octanol–water partition coefficient (Wildman–Crippen LogP) is 4.20. The Labute approximate surface area is 128 Å². The first-order valence-electron chi connectivity index (χ1n) is 6.03. The van der Waals surface area contributed by atoms with E-state index in [4.69, 9.17) is 4.74 Å². The first kappa shape index (κ1) is 15.3. The Morgan fingerprint density at radius 3 is 2.62 bits per heavy atom. The highest BCUT2D eigenvalue weighted by Gasteiger charge is 2.15. The second-order valence-corrected chi connectivity index (χ2v) is 5.33. The van der Waals surface area contributed by atoms with Gasteiger partial charge in [-0.3, -0.25) is 10.1 Å². The van der Waals surface area contributed by atoms with Gasteiger partial charge in [0.1, 0.15) is 16.2 Å². The zero-order chi connectivity index (χ0) is 15.6. The van der Waals surface area contributed by atoms with Gasteiger partial charge in [-0.1, -0.05) is 13.8 Å². The molecule has 0 aliphatic carbocycles. The van der Waals surface area contributed by atoms with Gasteiger partial charge < -0.3 is 4.74 Å². The lowest BCUT2D eigenvalue weighted by molar-refractivity contribution is -0.387. The number of hydrogen-bond acceptors (Lipinski definition) is 5. The van der Waals surface area contributed by atoms with E-state index >= 15 is 0 Å². The third-order valence-corrected chi connectivity index (χ3v) is 2.95. The van der Waals surface area contributed by atoms with Crippen LogP contribution >= 0.6 is 15.9 Å². The molecule has 0 radical (unpaired) electrons. The highest BCUT2D eigenvalue weighted by molar-refractivity contribution is 9.10. The normalized spacial score (nSPS) is 10.7. The van der Waals surface area contributed by atoms with Crippen LogP contribution in [0.2, 0.25) is 0 Å². The van der Waals surface area contributed by atoms with Gasteiger partial charge in [0.05, 0.1) is 4.92 Å². The molecule has 1 aromatic heterocycles. The fraction of sp³-hybridized carbons (Fsp3) is 0.231. The van der Waals surface area contributed by atoms with Gasteiger partial charge >= 0.3 is 5.69 Å². The molecule has 8 heteroatoms. The lowest BCUT2D eigenvalue weighted by atomic mass is 10.2. The van der Waals surface area contributed by atoms with Crippen LogP contribution in [0.3, 0.4) is 0 Å². The van der Waals surface area contributed by atoms with Crippen LogP contribution in [-0.2, 0) is 0 Å². The molecule has 0 atom stereocenters. The molecular formula is C13H11BrFN3O3. The van der Waals surface area contributed by atoms with Gasteiger partial charge in [-0.15, -0.1) is 0 Å². The van der Waals surface area contributed by atoms with Crippen LogP contribution < -0.4 is 4.74 Å². The predicted molar refractivity (Wildman–Crippen MR) is 76.9 cm³/mol. The van der Waals surface area contributed by atoms with Crippen molar-refractivity contribution in [1.82, 2.24) is 9.97 Å². The van der Waals surface area contributed by atoms with Crippen LogP contribution in [0, 0.1) is 15.9 Å². The van der Waals surface area contributed by atoms with Crippen molar-refractivity contribution < 1.29 is 14.1 Å². The minimum absolute atomic E-state index is 0.0958. The lowest BCUT2D eigenvalue weighted by Crippen LogP contribution is -2.00. The van der Waals surface area contributed by atoms with Crippen molar-refractivity contribution in [2.24, 2.45) is 0 Å². The Kier molecular flexibility index (Phi) is 4.46. The van der Waals surface area contributed by atoms with E-state index in [0.29, 0.717) is 10.4 Å². The molecule has 1 heterocycles. The monoisotopic (exact) mass is 355 g/mol. The van der Waals surface area contributed by atoms with E-state index in [1.807, 2.05) is 13.8 Å². The van der Waals surface area contributed by atoms with Crippen molar-refractivity contribution in [2.45, 2.75) is 19.8 Å². The summed E-state index contributed by atoms with van der Waals surface area (Å²) in [5.41, 5.74) is -0.603. The fourth-order valence-corrected chi connectivity index (χ4v) is 1.92. The van der Waals surface area contributed by atoms with Gasteiger partial charge in [-0.05, 0) is 22.0 Å². The standard InChI is InChI=1S/C13H11BrFN3O3/c1-7(2)13-16-11(14)6-12(17-13)21-8-3-4-10(18(19)20)9(15)5-8/h3-7H,1-2H3. The van der Waals surface area contributed by atoms with E-state index in [0.717, 1.165) is 12.1 Å². The van der Waals surface area contributed by atoms with E-state index in [9.17, 15) is 14.5 Å². The molecule has 21 heavy (non-hydrogen) atoms. The van der Waals surface area contributed by atoms with Crippen molar-refractivity contribution in [3.05, 3.63) is 50.6 Å². The Hall–Kier alpha value is -2.09. The lowest BCUT2D eigenvalue weighted by Gasteiger charge is -2.09. The smallest absolute Gasteiger partial charge is 0.305 e. The van der Waals surface area contributed by atoms with E-state index in [1.165, 1.54) is 12.1 Å². The Bertz CT molecular complexity index is 694. The number of halogens is 2. The Balaban J connectivity index is 2.30. The summed E-state index contributed by atoms with van der Waals surface area (Å²) in [6.45, 7) is 3.86. The van der Waals surface area contributed by atoms with Gasteiger partial charge in [-0.2, -0.15) is 9.37 Å². The van der Waals surface area contributed by atoms with Crippen molar-refractivity contribution in [3.63, 3.8) is 0 Å². The van der Waals surface area contributed by atoms with Crippen LogP contribution in [0.25, 0.3) is 0 Å². The average molecular weight is 356 g/mol. The van der Waals surface area contributed by atoms with E-state index in [1.54, 1.807) is 0 Å². The molecule has 0 spiro atoms. The number of nitrogens with zero attached hydrogens (tertiary/aromatic N) is 3. The summed E-state index contributed by atoms with van der Waals surface area (Å²) < 4.78 is 19.5. The number of aromatic nitrogens is 2. The molecule has 2 rings (SSSR count). The summed E-state index contributed by atoms with van der Waals surface area (Å²) >= 11 is 3.25. The van der Waals surface area contributed by atoms with Crippen LogP contribution in [-0.4, -0.2) is 14.9 Å². The molecule has 0 bridgehead atoms. The number of ether oxygens (including phenoxy) is 1. The summed E-state index contributed by atoms with van der Waals surface area (Å²) in [4.78, 5) is 18.1. The molecule has 2 aromatic rings. The van der Waals surface area contributed by atoms with Crippen molar-refractivity contribution in [1.29, 1.82) is 0 Å². The maximum atomic E-state index is 13.5. The first-order chi connectivity index (χ1) is 9.86. The molecule has 0 fully saturated rings. The number of nitro groups is 1. The number of nitro benzene ring substituents is 1. The van der Waals surface area contributed by atoms with Crippen LogP contribution in [0.15, 0.2) is 28.9 Å². The molecule has 0 aliphatic rings. The molecule has 0 unspecified atom stereocenters. The number of rotatable bonds is 4. The molecule has 0 amide bonds. The zero-order valence-electron chi connectivity index (χ0n) is 11.2. The van der Waals surface area contributed by atoms with E-state index < -0.39 is 16.4 Å². The first-order valence-corrected chi connectivity index (χ1v) is 6.82. The second-order valence-electron chi connectivity index (χ2n) is 4.51. The SMILES string of the molecule is CC(C)c1nc(Br)cc(Oc2ccc([N+](=O)[O-])c(F)c2)n1. The van der Waals surface area contributed by atoms with E-state index in [2.05, 4.69) is 25.9 Å². The van der Waals surface area contributed by atoms with Gasteiger partial charge in [0.2, 0.25) is 11.7 Å². The van der Waals surface area contributed by atoms with Gasteiger partial charge in [0.25, 0.3) is 0 Å². The summed E-state index contributed by atoms with van der Waals surface area (Å²) in [6.07, 6.45) is 0. The van der Waals surface area contributed by atoms with Crippen LogP contribution in [0.5, 0.6) is 11.6 Å². The van der Waals surface area contributed by atoms with Crippen molar-refractivity contribution in [3.8, 4) is 11.6 Å². The molecule has 0 aliphatic heterocycles. The Morgan fingerprint density at radius 1 is 1.33 bits per heavy atom. The molecular weight excluding hydrogens is 345 g/mol. The van der Waals surface area contributed by atoms with Gasteiger partial charge in [-0.25, -0.2) is 4.98 Å². The maximum Gasteiger partial charge on any atom is 0.305 e. The van der Waals surface area contributed by atoms with Crippen molar-refractivity contribution >= 4 is 21.6 Å². The Morgan fingerprint density at radius 2 is 2.05 bits per heavy atom. The average Bonchev–Trinajstić information content (AvgIpc) is 2.37. The van der Waals surface area contributed by atoms with Crippen LogP contribution in [0.4, 0.5) is 10.1 Å². The van der Waals surface area contributed by atoms with Gasteiger partial charge in [0.15, 0.2) is 0 Å². The second kappa shape index (κ2) is 6.13. The third-order valence-electron chi connectivity index (χ3n) is 2.54. The molecule has 0 saturated carbocycles. The highest BCUT2D eigenvalue weighted by atomic mass is 79.9. The third kappa shape index (κ3) is 3.72. The van der Waals surface area contributed by atoms with Crippen LogP contribution in [0.1, 0.15) is 25.6 Å². The summed E-state index contributed by atoms with van der Waals surface area (Å²) in [5.74, 6) is 0.0575. The zero-order valence-corrected chi connectivity index (χ0v) is 12.8. The van der Waals surface area contributed by atoms with Crippen molar-refractivity contribution in [2.75, 3.05) is 0 Å². The van der Waals surface area contributed by atoms with Gasteiger partial charge in [0, 0.05) is 24.1 Å². The van der Waals surface area contributed by atoms with E-state index in [-0.39, 0.29) is 17.5 Å². The molecule has 0 saturated heterocycles. The summed E-state index contributed by atoms with van der Waals surface area (Å²) in [7, 11) is 0. The minimum Gasteiger partial charge on any atom is -0.439 e.